The third-order valence-electron chi connectivity index (χ3n) is 2.84. The zero-order valence-electron chi connectivity index (χ0n) is 9.50. The fourth-order valence-electron chi connectivity index (χ4n) is 1.84. The Balaban J connectivity index is 1.57. The lowest BCUT2D eigenvalue weighted by Crippen LogP contribution is -2.49. The summed E-state index contributed by atoms with van der Waals surface area (Å²) < 4.78 is 5.04. The summed E-state index contributed by atoms with van der Waals surface area (Å²) in [5.41, 5.74) is 1.12. The van der Waals surface area contributed by atoms with Crippen LogP contribution in [-0.4, -0.2) is 32.8 Å². The van der Waals surface area contributed by atoms with Crippen molar-refractivity contribution in [1.82, 2.24) is 4.90 Å². The first-order valence-electron chi connectivity index (χ1n) is 5.57. The average Bonchev–Trinajstić information content (AvgIpc) is 2.89. The van der Waals surface area contributed by atoms with Crippen LogP contribution < -0.4 is 0 Å². The molecule has 0 radical (unpaired) electrons. The van der Waals surface area contributed by atoms with E-state index in [1.165, 1.54) is 18.0 Å². The van der Waals surface area contributed by atoms with Gasteiger partial charge in [0, 0.05) is 17.7 Å². The van der Waals surface area contributed by atoms with E-state index in [1.807, 2.05) is 6.20 Å². The second-order valence-electron chi connectivity index (χ2n) is 4.11. The Labute approximate surface area is 113 Å². The summed E-state index contributed by atoms with van der Waals surface area (Å²) in [5, 5.41) is 0.259. The maximum absolute atomic E-state index is 11.7. The molecular formula is C12H11NO3S2. The van der Waals surface area contributed by atoms with Crippen molar-refractivity contribution < 1.29 is 14.0 Å². The summed E-state index contributed by atoms with van der Waals surface area (Å²) >= 11 is 2.98. The number of amides is 1. The third-order valence-corrected chi connectivity index (χ3v) is 5.14. The number of carbonyl (C=O) groups excluding carboxylic acids is 2. The minimum Gasteiger partial charge on any atom is -0.460 e. The highest BCUT2D eigenvalue weighted by molar-refractivity contribution is 8.14. The molecule has 0 unspecified atom stereocenters. The molecule has 1 amide bonds. The number of rotatable bonds is 3. The Bertz CT molecular complexity index is 509. The van der Waals surface area contributed by atoms with E-state index in [9.17, 15) is 9.59 Å². The second-order valence-corrected chi connectivity index (χ2v) is 6.23. The maximum Gasteiger partial charge on any atom is 0.254 e. The van der Waals surface area contributed by atoms with Crippen LogP contribution in [0.4, 0.5) is 0 Å². The van der Waals surface area contributed by atoms with Crippen molar-refractivity contribution in [2.24, 2.45) is 0 Å². The molecule has 0 N–H and O–H groups in total. The van der Waals surface area contributed by atoms with Crippen LogP contribution in [0.1, 0.15) is 17.0 Å². The van der Waals surface area contributed by atoms with Crippen LogP contribution in [0.3, 0.4) is 0 Å². The maximum atomic E-state index is 11.7. The number of β-lactam (4-membered cyclic amide) rings is 1. The highest BCUT2D eigenvalue weighted by Gasteiger charge is 2.37. The molecule has 94 valence electrons. The predicted octanol–water partition coefficient (Wildman–Crippen LogP) is 2.34. The summed E-state index contributed by atoms with van der Waals surface area (Å²) in [6.07, 6.45) is 4.04. The van der Waals surface area contributed by atoms with E-state index in [0.717, 1.165) is 11.3 Å². The van der Waals surface area contributed by atoms with E-state index < -0.39 is 0 Å². The molecule has 0 aromatic carbocycles. The van der Waals surface area contributed by atoms with Crippen LogP contribution in [0.2, 0.25) is 0 Å². The summed E-state index contributed by atoms with van der Waals surface area (Å²) in [6, 6.07) is 3.36. The highest BCUT2D eigenvalue weighted by Crippen LogP contribution is 2.36. The molecule has 0 aliphatic carbocycles. The topological polar surface area (TPSA) is 50.5 Å². The van der Waals surface area contributed by atoms with Gasteiger partial charge in [0.05, 0.1) is 18.1 Å². The fraction of sp³-hybridized carbons (Fsp3) is 0.333. The number of nitrogens with zero attached hydrogens (tertiary/aromatic N) is 1. The van der Waals surface area contributed by atoms with Gasteiger partial charge < -0.3 is 9.32 Å². The molecule has 0 spiro atoms. The normalized spacial score (nSPS) is 22.2. The minimum atomic E-state index is -0.0667. The average molecular weight is 281 g/mol. The largest absolute Gasteiger partial charge is 0.460 e. The zero-order valence-corrected chi connectivity index (χ0v) is 11.1. The Hall–Kier alpha value is -1.14. The molecule has 3 rings (SSSR count). The smallest absolute Gasteiger partial charge is 0.254 e. The van der Waals surface area contributed by atoms with Crippen LogP contribution in [0.5, 0.6) is 0 Å². The van der Waals surface area contributed by atoms with Crippen LogP contribution in [0.25, 0.3) is 0 Å². The van der Waals surface area contributed by atoms with E-state index in [1.54, 1.807) is 28.8 Å². The number of fused-ring (bicyclic) bond motifs is 1. The van der Waals surface area contributed by atoms with Gasteiger partial charge >= 0.3 is 0 Å². The van der Waals surface area contributed by atoms with Gasteiger partial charge in [-0.15, -0.1) is 11.8 Å². The van der Waals surface area contributed by atoms with Crippen molar-refractivity contribution in [2.75, 3.05) is 11.5 Å². The molecule has 1 aromatic heterocycles. The van der Waals surface area contributed by atoms with E-state index in [4.69, 9.17) is 4.42 Å². The minimum absolute atomic E-state index is 0.0667. The van der Waals surface area contributed by atoms with Gasteiger partial charge in [0.25, 0.3) is 5.12 Å². The van der Waals surface area contributed by atoms with Gasteiger partial charge in [0.15, 0.2) is 5.76 Å². The highest BCUT2D eigenvalue weighted by atomic mass is 32.2. The molecule has 1 saturated heterocycles. The molecule has 2 aliphatic rings. The van der Waals surface area contributed by atoms with Crippen molar-refractivity contribution in [1.29, 1.82) is 0 Å². The van der Waals surface area contributed by atoms with Crippen molar-refractivity contribution in [3.05, 3.63) is 35.9 Å². The Morgan fingerprint density at radius 2 is 2.50 bits per heavy atom. The van der Waals surface area contributed by atoms with Crippen molar-refractivity contribution >= 4 is 34.5 Å². The van der Waals surface area contributed by atoms with Crippen LogP contribution in [0, 0.1) is 0 Å². The van der Waals surface area contributed by atoms with Gasteiger partial charge in [-0.05, 0) is 17.7 Å². The van der Waals surface area contributed by atoms with Crippen molar-refractivity contribution in [3.8, 4) is 0 Å². The van der Waals surface area contributed by atoms with Crippen LogP contribution in [-0.2, 0) is 4.79 Å². The molecule has 4 nitrogen and oxygen atoms in total. The number of hydrogen-bond acceptors (Lipinski definition) is 5. The molecule has 2 aliphatic heterocycles. The van der Waals surface area contributed by atoms with E-state index in [-0.39, 0.29) is 11.0 Å². The molecular weight excluding hydrogens is 270 g/mol. The third kappa shape index (κ3) is 2.22. The van der Waals surface area contributed by atoms with Gasteiger partial charge in [-0.3, -0.25) is 9.59 Å². The molecule has 1 atom stereocenters. The molecule has 1 aromatic rings. The van der Waals surface area contributed by atoms with Gasteiger partial charge in [-0.1, -0.05) is 11.8 Å². The zero-order chi connectivity index (χ0) is 12.5. The lowest BCUT2D eigenvalue weighted by atomic mass is 10.2. The van der Waals surface area contributed by atoms with Crippen LogP contribution in [0.15, 0.2) is 34.6 Å². The van der Waals surface area contributed by atoms with Gasteiger partial charge in [-0.2, -0.15) is 0 Å². The number of furan rings is 1. The molecule has 6 heteroatoms. The molecule has 1 fully saturated rings. The van der Waals surface area contributed by atoms with Gasteiger partial charge in [-0.25, -0.2) is 0 Å². The lowest BCUT2D eigenvalue weighted by molar-refractivity contribution is -0.137. The van der Waals surface area contributed by atoms with E-state index >= 15 is 0 Å². The predicted molar refractivity (Wildman–Crippen MR) is 71.3 cm³/mol. The summed E-state index contributed by atoms with van der Waals surface area (Å²) in [6.45, 7) is 0. The summed E-state index contributed by atoms with van der Waals surface area (Å²) in [4.78, 5) is 24.8. The van der Waals surface area contributed by atoms with Crippen LogP contribution >= 0.6 is 23.5 Å². The molecule has 3 heterocycles. The Morgan fingerprint density at radius 3 is 3.22 bits per heavy atom. The first-order valence-corrected chi connectivity index (χ1v) is 7.60. The van der Waals surface area contributed by atoms with Crippen molar-refractivity contribution in [3.63, 3.8) is 0 Å². The summed E-state index contributed by atoms with van der Waals surface area (Å²) in [5.74, 6) is 2.06. The fourth-order valence-corrected chi connectivity index (χ4v) is 3.90. The lowest BCUT2D eigenvalue weighted by Gasteiger charge is -2.41. The molecule has 0 bridgehead atoms. The first kappa shape index (κ1) is 11.9. The molecule has 0 saturated carbocycles. The van der Waals surface area contributed by atoms with Gasteiger partial charge in [0.1, 0.15) is 0 Å². The molecule has 18 heavy (non-hydrogen) atoms. The quantitative estimate of drug-likeness (QED) is 0.796. The van der Waals surface area contributed by atoms with E-state index in [0.29, 0.717) is 23.3 Å². The summed E-state index contributed by atoms with van der Waals surface area (Å²) in [7, 11) is 0. The standard InChI is InChI=1S/C12H11NO3S2/c14-10-4-11-13(10)5-8(6-17-11)7-18-12(15)9-2-1-3-16-9/h1-3,5,11H,4,6-7H2/t11-/m1/s1. The van der Waals surface area contributed by atoms with E-state index in [2.05, 4.69) is 0 Å². The van der Waals surface area contributed by atoms with Crippen molar-refractivity contribution in [2.45, 2.75) is 11.8 Å². The van der Waals surface area contributed by atoms with Gasteiger partial charge in [0.2, 0.25) is 5.91 Å². The number of thioether (sulfide) groups is 2. The monoisotopic (exact) mass is 281 g/mol. The number of hydrogen-bond donors (Lipinski definition) is 0. The Kier molecular flexibility index (Phi) is 3.22. The first-order chi connectivity index (χ1) is 8.74. The second kappa shape index (κ2) is 4.85. The number of carbonyl (C=O) groups is 2. The Morgan fingerprint density at radius 1 is 1.61 bits per heavy atom. The SMILES string of the molecule is O=C(SCC1=CN2C(=O)C[C@H]2SC1)c1ccco1.